The van der Waals surface area contributed by atoms with E-state index in [2.05, 4.69) is 183 Å². The van der Waals surface area contributed by atoms with Crippen LogP contribution in [0.1, 0.15) is 53.1 Å². The molecule has 1 spiro atoms. The zero-order valence-electron chi connectivity index (χ0n) is 29.0. The van der Waals surface area contributed by atoms with Gasteiger partial charge in [0.15, 0.2) is 0 Å². The highest BCUT2D eigenvalue weighted by Crippen LogP contribution is 2.58. The van der Waals surface area contributed by atoms with Gasteiger partial charge in [-0.3, -0.25) is 0 Å². The van der Waals surface area contributed by atoms with Gasteiger partial charge >= 0.3 is 0 Å². The molecule has 1 aromatic heterocycles. The van der Waals surface area contributed by atoms with Crippen molar-refractivity contribution in [3.05, 3.63) is 185 Å². The van der Waals surface area contributed by atoms with Crippen LogP contribution in [-0.4, -0.2) is 12.6 Å². The van der Waals surface area contributed by atoms with Crippen molar-refractivity contribution in [3.8, 4) is 16.8 Å². The highest BCUT2D eigenvalue weighted by atomic mass is 28.3. The standard InChI is InChI=1S/C48H39NSi/c1-47(2)35-21-7-5-17-34(35)44-31(18-13-24-38(44)47)33-20-15-26-40-46(33)50(3,4)43-29-12-9-23-37(43)48(40)36-22-8-11-28-42(36)49-41-27-10-6-16-30(41)32-19-14-25-39(48)45(32)49/h5-29,34-35H,1-4H3. The molecule has 0 N–H and O–H groups in total. The molecule has 6 aromatic carbocycles. The second-order valence-corrected chi connectivity index (χ2v) is 20.3. The van der Waals surface area contributed by atoms with E-state index in [0.717, 1.165) is 0 Å². The maximum absolute atomic E-state index is 2.60. The molecule has 11 rings (SSSR count). The van der Waals surface area contributed by atoms with E-state index in [0.29, 0.717) is 11.8 Å². The molecule has 0 saturated heterocycles. The minimum Gasteiger partial charge on any atom is -0.309 e. The summed E-state index contributed by atoms with van der Waals surface area (Å²) in [4.78, 5) is 0. The van der Waals surface area contributed by atoms with Crippen molar-refractivity contribution < 1.29 is 0 Å². The lowest BCUT2D eigenvalue weighted by Crippen LogP contribution is -2.64. The molecule has 240 valence electrons. The minimum absolute atomic E-state index is 0.0677. The van der Waals surface area contributed by atoms with Crippen LogP contribution in [0.5, 0.6) is 0 Å². The summed E-state index contributed by atoms with van der Waals surface area (Å²) in [6.45, 7) is 10.1. The van der Waals surface area contributed by atoms with Crippen molar-refractivity contribution >= 4 is 40.3 Å². The molecule has 7 aromatic rings. The second-order valence-electron chi connectivity index (χ2n) is 16.0. The molecule has 3 heterocycles. The number of hydrogen-bond donors (Lipinski definition) is 0. The highest BCUT2D eigenvalue weighted by molar-refractivity contribution is 7.02. The number of aromatic nitrogens is 1. The molecule has 0 bridgehead atoms. The van der Waals surface area contributed by atoms with Gasteiger partial charge in [0.2, 0.25) is 0 Å². The number of benzene rings is 6. The third-order valence-corrected chi connectivity index (χ3v) is 16.7. The molecule has 0 radical (unpaired) electrons. The Labute approximate surface area is 295 Å². The molecule has 2 aliphatic heterocycles. The lowest BCUT2D eigenvalue weighted by molar-refractivity contribution is 0.394. The van der Waals surface area contributed by atoms with Crippen LogP contribution in [0.3, 0.4) is 0 Å². The van der Waals surface area contributed by atoms with Crippen LogP contribution in [0.25, 0.3) is 38.6 Å². The Kier molecular flexibility index (Phi) is 5.46. The van der Waals surface area contributed by atoms with E-state index in [-0.39, 0.29) is 5.41 Å². The van der Waals surface area contributed by atoms with Gasteiger partial charge in [-0.15, -0.1) is 0 Å². The fourth-order valence-electron chi connectivity index (χ4n) is 11.2. The van der Waals surface area contributed by atoms with Gasteiger partial charge in [-0.2, -0.15) is 0 Å². The third-order valence-electron chi connectivity index (χ3n) is 13.1. The summed E-state index contributed by atoms with van der Waals surface area (Å²) < 4.78 is 2.55. The van der Waals surface area contributed by atoms with Gasteiger partial charge in [-0.25, -0.2) is 0 Å². The van der Waals surface area contributed by atoms with Crippen molar-refractivity contribution in [1.82, 2.24) is 4.57 Å². The molecule has 0 saturated carbocycles. The third kappa shape index (κ3) is 3.21. The summed E-state index contributed by atoms with van der Waals surface area (Å²) in [5, 5.41) is 5.77. The van der Waals surface area contributed by atoms with Gasteiger partial charge in [-0.05, 0) is 78.3 Å². The van der Waals surface area contributed by atoms with Gasteiger partial charge in [0.25, 0.3) is 0 Å². The van der Waals surface area contributed by atoms with E-state index in [9.17, 15) is 0 Å². The van der Waals surface area contributed by atoms with Gasteiger partial charge in [0, 0.05) is 16.7 Å². The molecule has 50 heavy (non-hydrogen) atoms. The van der Waals surface area contributed by atoms with Crippen LogP contribution >= 0.6 is 0 Å². The van der Waals surface area contributed by atoms with Crippen molar-refractivity contribution in [1.29, 1.82) is 0 Å². The Morgan fingerprint density at radius 3 is 2.08 bits per heavy atom. The SMILES string of the molecule is CC1(C)c2cccc(-c3cccc4c3[Si](C)(C)c3ccccc3C43c4ccccc4-n4c5ccccc5c5cccc3c54)c2C2C=CC=CC21. The van der Waals surface area contributed by atoms with Crippen LogP contribution in [-0.2, 0) is 10.8 Å². The molecule has 1 nitrogen and oxygen atoms in total. The summed E-state index contributed by atoms with van der Waals surface area (Å²) in [7, 11) is -2.25. The van der Waals surface area contributed by atoms with Crippen molar-refractivity contribution in [2.45, 2.75) is 43.7 Å². The first-order valence-corrected chi connectivity index (χ1v) is 21.2. The zero-order chi connectivity index (χ0) is 33.6. The normalized spacial score (nSPS) is 22.6. The highest BCUT2D eigenvalue weighted by Gasteiger charge is 2.54. The van der Waals surface area contributed by atoms with E-state index in [4.69, 9.17) is 0 Å². The first-order valence-electron chi connectivity index (χ1n) is 18.2. The van der Waals surface area contributed by atoms with Crippen molar-refractivity contribution in [3.63, 3.8) is 0 Å². The smallest absolute Gasteiger partial charge is 0.113 e. The Hall–Kier alpha value is -5.18. The summed E-state index contributed by atoms with van der Waals surface area (Å²) in [6, 6.07) is 49.3. The monoisotopic (exact) mass is 657 g/mol. The van der Waals surface area contributed by atoms with Gasteiger partial charge in [0.1, 0.15) is 8.07 Å². The maximum Gasteiger partial charge on any atom is 0.113 e. The summed E-state index contributed by atoms with van der Waals surface area (Å²) >= 11 is 0. The number of rotatable bonds is 1. The van der Waals surface area contributed by atoms with Crippen LogP contribution in [0.2, 0.25) is 13.1 Å². The zero-order valence-corrected chi connectivity index (χ0v) is 30.0. The number of fused-ring (bicyclic) bond motifs is 14. The van der Waals surface area contributed by atoms with Crippen LogP contribution < -0.4 is 10.4 Å². The minimum atomic E-state index is -2.25. The molecule has 4 aliphatic rings. The molecule has 3 atom stereocenters. The molecule has 3 unspecified atom stereocenters. The number of nitrogens with zero attached hydrogens (tertiary/aromatic N) is 1. The van der Waals surface area contributed by atoms with E-state index in [1.165, 1.54) is 72.0 Å². The van der Waals surface area contributed by atoms with Crippen molar-refractivity contribution in [2.75, 3.05) is 0 Å². The number of hydrogen-bond acceptors (Lipinski definition) is 0. The average molecular weight is 658 g/mol. The second kappa shape index (κ2) is 9.53. The first kappa shape index (κ1) is 28.6. The summed E-state index contributed by atoms with van der Waals surface area (Å²) in [5.41, 5.74) is 15.1. The van der Waals surface area contributed by atoms with Gasteiger partial charge in [0.05, 0.1) is 22.1 Å². The Morgan fingerprint density at radius 2 is 1.20 bits per heavy atom. The Bertz CT molecular complexity index is 2680. The van der Waals surface area contributed by atoms with Crippen LogP contribution in [0.4, 0.5) is 0 Å². The molecule has 0 fully saturated rings. The number of allylic oxidation sites excluding steroid dienone is 4. The molecule has 2 aliphatic carbocycles. The average Bonchev–Trinajstić information content (AvgIpc) is 3.61. The lowest BCUT2D eigenvalue weighted by Gasteiger charge is -2.50. The predicted octanol–water partition coefficient (Wildman–Crippen LogP) is 10.4. The maximum atomic E-state index is 2.60. The van der Waals surface area contributed by atoms with E-state index < -0.39 is 13.5 Å². The topological polar surface area (TPSA) is 4.93 Å². The Balaban J connectivity index is 1.32. The van der Waals surface area contributed by atoms with Crippen LogP contribution in [0, 0.1) is 5.92 Å². The predicted molar refractivity (Wildman–Crippen MR) is 212 cm³/mol. The lowest BCUT2D eigenvalue weighted by atomic mass is 9.62. The molecule has 2 heteroatoms. The first-order chi connectivity index (χ1) is 24.4. The molecule has 0 amide bonds. The summed E-state index contributed by atoms with van der Waals surface area (Å²) in [6.07, 6.45) is 9.45. The van der Waals surface area contributed by atoms with Crippen molar-refractivity contribution in [2.24, 2.45) is 5.92 Å². The van der Waals surface area contributed by atoms with Gasteiger partial charge in [-0.1, -0.05) is 167 Å². The summed E-state index contributed by atoms with van der Waals surface area (Å²) in [5.74, 6) is 0.844. The largest absolute Gasteiger partial charge is 0.309 e. The van der Waals surface area contributed by atoms with Gasteiger partial charge < -0.3 is 4.57 Å². The number of para-hydroxylation sites is 3. The van der Waals surface area contributed by atoms with E-state index in [1.807, 2.05) is 0 Å². The van der Waals surface area contributed by atoms with E-state index in [1.54, 1.807) is 10.4 Å². The fraction of sp³-hybridized carbons (Fsp3) is 0.167. The van der Waals surface area contributed by atoms with Crippen LogP contribution in [0.15, 0.2) is 152 Å². The Morgan fingerprint density at radius 1 is 0.560 bits per heavy atom. The fourth-order valence-corrected chi connectivity index (χ4v) is 14.7. The quantitative estimate of drug-likeness (QED) is 0.155. The molecular weight excluding hydrogens is 619 g/mol. The van der Waals surface area contributed by atoms with E-state index >= 15 is 0 Å². The molecular formula is C48H39NSi.